The van der Waals surface area contributed by atoms with Gasteiger partial charge < -0.3 is 0 Å². The summed E-state index contributed by atoms with van der Waals surface area (Å²) in [4.78, 5) is 10.5. The molecule has 0 N–H and O–H groups in total. The summed E-state index contributed by atoms with van der Waals surface area (Å²) in [6.45, 7) is 1.63. The van der Waals surface area contributed by atoms with Crippen LogP contribution in [0, 0.1) is 17.0 Å². The van der Waals surface area contributed by atoms with Crippen molar-refractivity contribution < 1.29 is 4.92 Å². The van der Waals surface area contributed by atoms with E-state index in [1.165, 1.54) is 6.07 Å². The van der Waals surface area contributed by atoms with E-state index in [1.807, 2.05) is 0 Å². The zero-order valence-electron chi connectivity index (χ0n) is 10.4. The number of nitro groups is 1. The maximum atomic E-state index is 11.0. The minimum atomic E-state index is -0.486. The Bertz CT molecular complexity index is 732. The highest BCUT2D eigenvalue weighted by atomic mass is 35.5. The van der Waals surface area contributed by atoms with E-state index in [1.54, 1.807) is 19.1 Å². The lowest BCUT2D eigenvalue weighted by Crippen LogP contribution is -1.93. The fourth-order valence-electron chi connectivity index (χ4n) is 1.82. The van der Waals surface area contributed by atoms with Gasteiger partial charge in [0, 0.05) is 17.2 Å². The second-order valence-electron chi connectivity index (χ2n) is 4.20. The largest absolute Gasteiger partial charge is 0.272 e. The van der Waals surface area contributed by atoms with E-state index in [2.05, 4.69) is 0 Å². The van der Waals surface area contributed by atoms with Crippen LogP contribution in [0.4, 0.5) is 5.69 Å². The second-order valence-corrected chi connectivity index (χ2v) is 6.09. The normalized spacial score (nSPS) is 10.8. The molecule has 0 heterocycles. The average Bonchev–Trinajstić information content (AvgIpc) is 2.44. The summed E-state index contributed by atoms with van der Waals surface area (Å²) in [6, 6.07) is 4.61. The van der Waals surface area contributed by atoms with Crippen molar-refractivity contribution in [2.45, 2.75) is 6.92 Å². The first-order valence-electron chi connectivity index (χ1n) is 5.52. The Kier molecular flexibility index (Phi) is 4.91. The molecule has 0 aliphatic carbocycles. The average molecular weight is 385 g/mol. The number of halogens is 5. The summed E-state index contributed by atoms with van der Waals surface area (Å²) in [5.74, 6) is 0. The second kappa shape index (κ2) is 6.19. The van der Waals surface area contributed by atoms with Gasteiger partial charge in [-0.25, -0.2) is 0 Å². The van der Waals surface area contributed by atoms with Gasteiger partial charge in [-0.1, -0.05) is 70.1 Å². The molecule has 0 bridgehead atoms. The zero-order valence-corrected chi connectivity index (χ0v) is 14.2. The third kappa shape index (κ3) is 2.94. The Morgan fingerprint density at radius 1 is 0.905 bits per heavy atom. The van der Waals surface area contributed by atoms with Crippen molar-refractivity contribution >= 4 is 63.7 Å². The SMILES string of the molecule is Cc1ccc(-c2c(Cl)c(Cl)c(Cl)c(Cl)c2Cl)cc1[N+](=O)[O-]. The number of aryl methyl sites for hydroxylation is 1. The molecule has 8 heteroatoms. The predicted molar refractivity (Wildman–Crippen MR) is 88.3 cm³/mol. The molecule has 0 saturated carbocycles. The van der Waals surface area contributed by atoms with Gasteiger partial charge in [0.25, 0.3) is 5.69 Å². The third-order valence-electron chi connectivity index (χ3n) is 2.90. The Morgan fingerprint density at radius 2 is 1.38 bits per heavy atom. The molecule has 0 saturated heterocycles. The minimum absolute atomic E-state index is 0.0405. The Balaban J connectivity index is 2.80. The van der Waals surface area contributed by atoms with E-state index >= 15 is 0 Å². The molecule has 0 aliphatic rings. The van der Waals surface area contributed by atoms with Crippen LogP contribution >= 0.6 is 58.0 Å². The van der Waals surface area contributed by atoms with Crippen LogP contribution < -0.4 is 0 Å². The van der Waals surface area contributed by atoms with E-state index in [0.29, 0.717) is 16.7 Å². The van der Waals surface area contributed by atoms with Crippen molar-refractivity contribution in [2.75, 3.05) is 0 Å². The van der Waals surface area contributed by atoms with Gasteiger partial charge in [-0.15, -0.1) is 0 Å². The maximum absolute atomic E-state index is 11.0. The number of hydrogen-bond donors (Lipinski definition) is 0. The van der Waals surface area contributed by atoms with Crippen LogP contribution in [0.1, 0.15) is 5.56 Å². The highest BCUT2D eigenvalue weighted by Gasteiger charge is 2.22. The summed E-state index contributed by atoms with van der Waals surface area (Å²) in [7, 11) is 0. The van der Waals surface area contributed by atoms with E-state index in [9.17, 15) is 10.1 Å². The minimum Gasteiger partial charge on any atom is -0.258 e. The molecule has 0 fully saturated rings. The van der Waals surface area contributed by atoms with Gasteiger partial charge in [-0.05, 0) is 12.5 Å². The molecule has 0 unspecified atom stereocenters. The van der Waals surface area contributed by atoms with Crippen LogP contribution in [0.5, 0.6) is 0 Å². The van der Waals surface area contributed by atoms with Crippen LogP contribution in [0.25, 0.3) is 11.1 Å². The molecule has 0 aromatic heterocycles. The van der Waals surface area contributed by atoms with Gasteiger partial charge in [0.2, 0.25) is 0 Å². The highest BCUT2D eigenvalue weighted by molar-refractivity contribution is 6.56. The van der Waals surface area contributed by atoms with E-state index in [-0.39, 0.29) is 30.8 Å². The van der Waals surface area contributed by atoms with Crippen molar-refractivity contribution in [3.63, 3.8) is 0 Å². The predicted octanol–water partition coefficient (Wildman–Crippen LogP) is 6.84. The molecule has 0 amide bonds. The van der Waals surface area contributed by atoms with Crippen molar-refractivity contribution in [1.29, 1.82) is 0 Å². The molecule has 2 rings (SSSR count). The lowest BCUT2D eigenvalue weighted by atomic mass is 10.0. The Hall–Kier alpha value is -0.710. The van der Waals surface area contributed by atoms with Crippen LogP contribution in [0.3, 0.4) is 0 Å². The molecule has 2 aromatic rings. The number of nitrogens with zero attached hydrogens (tertiary/aromatic N) is 1. The molecule has 0 spiro atoms. The van der Waals surface area contributed by atoms with Crippen molar-refractivity contribution in [1.82, 2.24) is 0 Å². The fourth-order valence-corrected chi connectivity index (χ4v) is 3.18. The number of benzene rings is 2. The number of nitro benzene ring substituents is 1. The van der Waals surface area contributed by atoms with Gasteiger partial charge in [0.05, 0.1) is 30.0 Å². The summed E-state index contributed by atoms with van der Waals surface area (Å²) in [6.07, 6.45) is 0. The van der Waals surface area contributed by atoms with Gasteiger partial charge in [0.15, 0.2) is 0 Å². The molecule has 0 aliphatic heterocycles. The molecule has 110 valence electrons. The zero-order chi connectivity index (χ0) is 15.9. The highest BCUT2D eigenvalue weighted by Crippen LogP contribution is 2.48. The standard InChI is InChI=1S/C13H6Cl5NO2/c1-5-2-3-6(4-7(5)19(20)21)8-9(14)11(16)13(18)12(17)10(8)15/h2-4H,1H3. The summed E-state index contributed by atoms with van der Waals surface area (Å²) >= 11 is 30.2. The molecular weight excluding hydrogens is 379 g/mol. The Labute approximate surface area is 145 Å². The van der Waals surface area contributed by atoms with Gasteiger partial charge in [-0.2, -0.15) is 0 Å². The lowest BCUT2D eigenvalue weighted by Gasteiger charge is -2.13. The van der Waals surface area contributed by atoms with E-state index in [4.69, 9.17) is 58.0 Å². The molecule has 3 nitrogen and oxygen atoms in total. The summed E-state index contributed by atoms with van der Waals surface area (Å²) < 4.78 is 0. The molecular formula is C13H6Cl5NO2. The Morgan fingerprint density at radius 3 is 1.86 bits per heavy atom. The van der Waals surface area contributed by atoms with Crippen molar-refractivity contribution in [3.8, 4) is 11.1 Å². The maximum Gasteiger partial charge on any atom is 0.272 e. The van der Waals surface area contributed by atoms with Crippen LogP contribution in [-0.2, 0) is 0 Å². The first-order valence-corrected chi connectivity index (χ1v) is 7.41. The monoisotopic (exact) mass is 383 g/mol. The third-order valence-corrected chi connectivity index (χ3v) is 5.18. The van der Waals surface area contributed by atoms with Crippen LogP contribution in [0.2, 0.25) is 25.1 Å². The summed E-state index contributed by atoms with van der Waals surface area (Å²) in [5, 5.41) is 11.3. The smallest absolute Gasteiger partial charge is 0.258 e. The number of hydrogen-bond acceptors (Lipinski definition) is 2. The van der Waals surface area contributed by atoms with E-state index in [0.717, 1.165) is 0 Å². The molecule has 2 aromatic carbocycles. The molecule has 21 heavy (non-hydrogen) atoms. The van der Waals surface area contributed by atoms with Gasteiger partial charge >= 0.3 is 0 Å². The number of rotatable bonds is 2. The van der Waals surface area contributed by atoms with Crippen LogP contribution in [-0.4, -0.2) is 4.92 Å². The summed E-state index contributed by atoms with van der Waals surface area (Å²) in [5.41, 5.74) is 1.20. The van der Waals surface area contributed by atoms with Gasteiger partial charge in [-0.3, -0.25) is 10.1 Å². The topological polar surface area (TPSA) is 43.1 Å². The molecule has 0 atom stereocenters. The first kappa shape index (κ1) is 16.7. The van der Waals surface area contributed by atoms with Gasteiger partial charge in [0.1, 0.15) is 0 Å². The quantitative estimate of drug-likeness (QED) is 0.246. The van der Waals surface area contributed by atoms with Crippen molar-refractivity contribution in [2.24, 2.45) is 0 Å². The van der Waals surface area contributed by atoms with E-state index < -0.39 is 4.92 Å². The lowest BCUT2D eigenvalue weighted by molar-refractivity contribution is -0.385. The molecule has 0 radical (unpaired) electrons. The fraction of sp³-hybridized carbons (Fsp3) is 0.0769. The van der Waals surface area contributed by atoms with Crippen molar-refractivity contribution in [3.05, 3.63) is 59.0 Å². The van der Waals surface area contributed by atoms with Crippen LogP contribution in [0.15, 0.2) is 18.2 Å². The first-order chi connectivity index (χ1) is 9.75.